The number of hydrogen-bond acceptors (Lipinski definition) is 4. The summed E-state index contributed by atoms with van der Waals surface area (Å²) in [7, 11) is 0. The van der Waals surface area contributed by atoms with Gasteiger partial charge in [0.2, 0.25) is 5.91 Å². The zero-order valence-corrected chi connectivity index (χ0v) is 12.6. The molecule has 2 atom stereocenters. The Hall–Kier alpha value is -0.910. The number of amides is 1. The maximum Gasteiger partial charge on any atom is 0.244 e. The summed E-state index contributed by atoms with van der Waals surface area (Å²) < 4.78 is 0. The lowest BCUT2D eigenvalue weighted by molar-refractivity contribution is -0.131. The Labute approximate surface area is 124 Å². The van der Waals surface area contributed by atoms with E-state index in [4.69, 9.17) is 5.73 Å². The zero-order chi connectivity index (χ0) is 13.9. The molecule has 110 valence electrons. The van der Waals surface area contributed by atoms with Crippen molar-refractivity contribution in [3.8, 4) is 0 Å². The molecule has 0 radical (unpaired) electrons. The van der Waals surface area contributed by atoms with Gasteiger partial charge < -0.3 is 10.6 Å². The third kappa shape index (κ3) is 2.90. The van der Waals surface area contributed by atoms with E-state index >= 15 is 0 Å². The molecule has 2 aliphatic rings. The predicted octanol–water partition coefficient (Wildman–Crippen LogP) is 1.83. The molecule has 0 spiro atoms. The molecule has 2 aliphatic heterocycles. The van der Waals surface area contributed by atoms with Gasteiger partial charge in [0, 0.05) is 24.0 Å². The standard InChI is InChI=1S/C15H23N3OS/c16-14(13-5-4-10-20-13)15(19)18-9-6-12(11-18)17-7-2-1-3-8-17/h4-5,10,12,14H,1-3,6-9,11,16H2. The van der Waals surface area contributed by atoms with Crippen LogP contribution in [-0.4, -0.2) is 47.9 Å². The highest BCUT2D eigenvalue weighted by Crippen LogP contribution is 2.24. The van der Waals surface area contributed by atoms with Gasteiger partial charge in [-0.3, -0.25) is 9.69 Å². The average molecular weight is 293 g/mol. The van der Waals surface area contributed by atoms with Gasteiger partial charge in [-0.05, 0) is 43.8 Å². The van der Waals surface area contributed by atoms with Crippen molar-refractivity contribution in [1.82, 2.24) is 9.80 Å². The second kappa shape index (κ2) is 6.24. The minimum Gasteiger partial charge on any atom is -0.339 e. The van der Waals surface area contributed by atoms with Crippen molar-refractivity contribution in [2.75, 3.05) is 26.2 Å². The van der Waals surface area contributed by atoms with E-state index in [-0.39, 0.29) is 5.91 Å². The summed E-state index contributed by atoms with van der Waals surface area (Å²) in [6, 6.07) is 3.98. The number of nitrogens with zero attached hydrogens (tertiary/aromatic N) is 2. The first kappa shape index (κ1) is 14.0. The normalized spacial score (nSPS) is 25.9. The van der Waals surface area contributed by atoms with E-state index in [1.165, 1.54) is 32.4 Å². The Balaban J connectivity index is 1.57. The second-order valence-corrected chi connectivity index (χ2v) is 6.80. The van der Waals surface area contributed by atoms with Gasteiger partial charge in [0.1, 0.15) is 6.04 Å². The quantitative estimate of drug-likeness (QED) is 0.925. The van der Waals surface area contributed by atoms with E-state index < -0.39 is 6.04 Å². The van der Waals surface area contributed by atoms with Crippen molar-refractivity contribution in [3.05, 3.63) is 22.4 Å². The number of carbonyl (C=O) groups excluding carboxylic acids is 1. The number of rotatable bonds is 3. The van der Waals surface area contributed by atoms with Crippen LogP contribution >= 0.6 is 11.3 Å². The Bertz CT molecular complexity index is 442. The van der Waals surface area contributed by atoms with Gasteiger partial charge in [0.25, 0.3) is 0 Å². The van der Waals surface area contributed by atoms with Gasteiger partial charge in [-0.15, -0.1) is 11.3 Å². The van der Waals surface area contributed by atoms with E-state index in [1.807, 2.05) is 22.4 Å². The number of nitrogens with two attached hydrogens (primary N) is 1. The van der Waals surface area contributed by atoms with Crippen LogP contribution in [0.25, 0.3) is 0 Å². The fourth-order valence-electron chi connectivity index (χ4n) is 3.31. The van der Waals surface area contributed by atoms with Crippen LogP contribution in [0.15, 0.2) is 17.5 Å². The molecule has 0 aliphatic carbocycles. The second-order valence-electron chi connectivity index (χ2n) is 5.82. The molecule has 0 aromatic carbocycles. The molecule has 2 fully saturated rings. The Morgan fingerprint density at radius 1 is 1.30 bits per heavy atom. The van der Waals surface area contributed by atoms with Crippen LogP contribution in [0.2, 0.25) is 0 Å². The van der Waals surface area contributed by atoms with Crippen molar-refractivity contribution >= 4 is 17.2 Å². The van der Waals surface area contributed by atoms with Crippen molar-refractivity contribution in [2.24, 2.45) is 5.73 Å². The third-order valence-electron chi connectivity index (χ3n) is 4.50. The van der Waals surface area contributed by atoms with Gasteiger partial charge in [-0.25, -0.2) is 0 Å². The Morgan fingerprint density at radius 3 is 2.80 bits per heavy atom. The third-order valence-corrected chi connectivity index (χ3v) is 5.45. The maximum absolute atomic E-state index is 12.5. The fraction of sp³-hybridized carbons (Fsp3) is 0.667. The molecule has 2 N–H and O–H groups in total. The molecule has 2 unspecified atom stereocenters. The van der Waals surface area contributed by atoms with Gasteiger partial charge in [0.15, 0.2) is 0 Å². The lowest BCUT2D eigenvalue weighted by atomic mass is 10.1. The van der Waals surface area contributed by atoms with Gasteiger partial charge >= 0.3 is 0 Å². The molecular formula is C15H23N3OS. The Morgan fingerprint density at radius 2 is 2.10 bits per heavy atom. The minimum atomic E-state index is -0.477. The smallest absolute Gasteiger partial charge is 0.244 e. The predicted molar refractivity (Wildman–Crippen MR) is 81.7 cm³/mol. The molecule has 0 saturated carbocycles. The summed E-state index contributed by atoms with van der Waals surface area (Å²) in [5, 5.41) is 1.98. The first-order chi connectivity index (χ1) is 9.75. The molecule has 5 heteroatoms. The van der Waals surface area contributed by atoms with E-state index in [0.717, 1.165) is 24.4 Å². The largest absolute Gasteiger partial charge is 0.339 e. The highest BCUT2D eigenvalue weighted by atomic mass is 32.1. The van der Waals surface area contributed by atoms with Crippen molar-refractivity contribution in [1.29, 1.82) is 0 Å². The first-order valence-electron chi connectivity index (χ1n) is 7.57. The van der Waals surface area contributed by atoms with E-state index in [2.05, 4.69) is 4.90 Å². The monoisotopic (exact) mass is 293 g/mol. The lowest BCUT2D eigenvalue weighted by Crippen LogP contribution is -2.43. The molecule has 4 nitrogen and oxygen atoms in total. The number of carbonyl (C=O) groups is 1. The first-order valence-corrected chi connectivity index (χ1v) is 8.45. The molecule has 20 heavy (non-hydrogen) atoms. The van der Waals surface area contributed by atoms with Crippen LogP contribution in [0.1, 0.15) is 36.6 Å². The molecule has 0 bridgehead atoms. The van der Waals surface area contributed by atoms with Crippen molar-refractivity contribution in [2.45, 2.75) is 37.8 Å². The van der Waals surface area contributed by atoms with Gasteiger partial charge in [-0.1, -0.05) is 12.5 Å². The summed E-state index contributed by atoms with van der Waals surface area (Å²) in [5.41, 5.74) is 6.09. The maximum atomic E-state index is 12.5. The highest BCUT2D eigenvalue weighted by molar-refractivity contribution is 7.10. The topological polar surface area (TPSA) is 49.6 Å². The van der Waals surface area contributed by atoms with Crippen molar-refractivity contribution in [3.63, 3.8) is 0 Å². The van der Waals surface area contributed by atoms with Crippen LogP contribution < -0.4 is 5.73 Å². The molecular weight excluding hydrogens is 270 g/mol. The summed E-state index contributed by atoms with van der Waals surface area (Å²) in [6.45, 7) is 4.12. The van der Waals surface area contributed by atoms with Crippen molar-refractivity contribution < 1.29 is 4.79 Å². The Kier molecular flexibility index (Phi) is 4.38. The van der Waals surface area contributed by atoms with Crippen LogP contribution in [0.4, 0.5) is 0 Å². The summed E-state index contributed by atoms with van der Waals surface area (Å²) in [5.74, 6) is 0.0898. The summed E-state index contributed by atoms with van der Waals surface area (Å²) >= 11 is 1.56. The fourth-order valence-corrected chi connectivity index (χ4v) is 4.03. The van der Waals surface area contributed by atoms with Gasteiger partial charge in [0.05, 0.1) is 0 Å². The van der Waals surface area contributed by atoms with E-state index in [9.17, 15) is 4.79 Å². The number of piperidine rings is 1. The van der Waals surface area contributed by atoms with E-state index in [1.54, 1.807) is 11.3 Å². The number of thiophene rings is 1. The minimum absolute atomic E-state index is 0.0898. The average Bonchev–Trinajstić information content (AvgIpc) is 3.18. The number of likely N-dealkylation sites (tertiary alicyclic amines) is 2. The molecule has 2 saturated heterocycles. The van der Waals surface area contributed by atoms with Gasteiger partial charge in [-0.2, -0.15) is 0 Å². The molecule has 1 amide bonds. The summed E-state index contributed by atoms with van der Waals surface area (Å²) in [6.07, 6.45) is 5.07. The van der Waals surface area contributed by atoms with Crippen LogP contribution in [0, 0.1) is 0 Å². The van der Waals surface area contributed by atoms with Crippen LogP contribution in [-0.2, 0) is 4.79 Å². The highest BCUT2D eigenvalue weighted by Gasteiger charge is 2.33. The van der Waals surface area contributed by atoms with E-state index in [0.29, 0.717) is 6.04 Å². The molecule has 1 aromatic rings. The lowest BCUT2D eigenvalue weighted by Gasteiger charge is -2.32. The molecule has 1 aromatic heterocycles. The van der Waals surface area contributed by atoms with Crippen LogP contribution in [0.3, 0.4) is 0 Å². The van der Waals surface area contributed by atoms with Crippen LogP contribution in [0.5, 0.6) is 0 Å². The zero-order valence-electron chi connectivity index (χ0n) is 11.8. The number of hydrogen-bond donors (Lipinski definition) is 1. The molecule has 3 rings (SSSR count). The molecule has 3 heterocycles. The SMILES string of the molecule is NC(C(=O)N1CCC(N2CCCCC2)C1)c1cccs1. The summed E-state index contributed by atoms with van der Waals surface area (Å²) in [4.78, 5) is 18.0.